The van der Waals surface area contributed by atoms with Gasteiger partial charge in [-0.05, 0) is 37.0 Å². The van der Waals surface area contributed by atoms with Crippen LogP contribution in [0.1, 0.15) is 46.0 Å². The molecule has 2 aromatic rings. The van der Waals surface area contributed by atoms with Gasteiger partial charge in [0.25, 0.3) is 5.91 Å². The summed E-state index contributed by atoms with van der Waals surface area (Å²) >= 11 is 1.14. The standard InChI is InChI=1S/C22H26N4O6S/c1-13-14(3-4-15-16(13)12-31-18(15)28)17(27)11-25-7-5-22(6-8-25)19(29)26(9-10-32-22)21-23-20(30-2)24-33-21/h3-4,17,27H,5-12H2,1-2H3/t17-/m0/s1. The van der Waals surface area contributed by atoms with Crippen molar-refractivity contribution >= 4 is 28.5 Å². The summed E-state index contributed by atoms with van der Waals surface area (Å²) < 4.78 is 20.3. The van der Waals surface area contributed by atoms with Crippen molar-refractivity contribution in [1.29, 1.82) is 0 Å². The van der Waals surface area contributed by atoms with Gasteiger partial charge >= 0.3 is 12.0 Å². The van der Waals surface area contributed by atoms with Gasteiger partial charge in [0.05, 0.1) is 31.9 Å². The Balaban J connectivity index is 1.24. The molecular weight excluding hydrogens is 448 g/mol. The molecule has 176 valence electrons. The zero-order valence-electron chi connectivity index (χ0n) is 18.6. The lowest BCUT2D eigenvalue weighted by molar-refractivity contribution is -0.158. The fourth-order valence-corrected chi connectivity index (χ4v) is 5.51. The maximum Gasteiger partial charge on any atom is 0.338 e. The van der Waals surface area contributed by atoms with E-state index >= 15 is 0 Å². The summed E-state index contributed by atoms with van der Waals surface area (Å²) in [5, 5.41) is 11.4. The molecule has 1 spiro atoms. The van der Waals surface area contributed by atoms with Gasteiger partial charge in [-0.3, -0.25) is 9.69 Å². The topological polar surface area (TPSA) is 114 Å². The molecular formula is C22H26N4O6S. The van der Waals surface area contributed by atoms with Crippen molar-refractivity contribution in [2.75, 3.05) is 44.8 Å². The first-order valence-electron chi connectivity index (χ1n) is 11.0. The van der Waals surface area contributed by atoms with Gasteiger partial charge < -0.3 is 24.2 Å². The summed E-state index contributed by atoms with van der Waals surface area (Å²) in [6.07, 6.45) is 0.376. The lowest BCUT2D eigenvalue weighted by Crippen LogP contribution is -2.61. The van der Waals surface area contributed by atoms with Crippen LogP contribution in [0.15, 0.2) is 12.1 Å². The average molecular weight is 475 g/mol. The van der Waals surface area contributed by atoms with E-state index < -0.39 is 11.7 Å². The molecule has 1 N–H and O–H groups in total. The number of piperidine rings is 1. The number of carbonyl (C=O) groups is 2. The highest BCUT2D eigenvalue weighted by molar-refractivity contribution is 7.10. The number of hydrogen-bond acceptors (Lipinski definition) is 10. The maximum absolute atomic E-state index is 13.3. The third-order valence-electron chi connectivity index (χ3n) is 6.80. The van der Waals surface area contributed by atoms with E-state index in [1.54, 1.807) is 17.0 Å². The predicted octanol–water partition coefficient (Wildman–Crippen LogP) is 1.46. The second-order valence-electron chi connectivity index (χ2n) is 8.56. The third-order valence-corrected chi connectivity index (χ3v) is 7.52. The number of fused-ring (bicyclic) bond motifs is 1. The molecule has 0 bridgehead atoms. The molecule has 1 aromatic heterocycles. The van der Waals surface area contributed by atoms with Crippen LogP contribution in [0.4, 0.5) is 5.13 Å². The summed E-state index contributed by atoms with van der Waals surface area (Å²) in [7, 11) is 1.50. The lowest BCUT2D eigenvalue weighted by atomic mass is 9.88. The minimum Gasteiger partial charge on any atom is -0.466 e. The minimum absolute atomic E-state index is 0.0908. The molecule has 33 heavy (non-hydrogen) atoms. The molecule has 1 atom stereocenters. The SMILES string of the molecule is COc1nsc(N2CCOC3(CCN(C[C@H](O)c4ccc5c(c4C)COC5=O)CC3)C2=O)n1. The molecule has 5 rings (SSSR count). The largest absolute Gasteiger partial charge is 0.466 e. The van der Waals surface area contributed by atoms with Crippen LogP contribution >= 0.6 is 11.5 Å². The number of nitrogens with zero attached hydrogens (tertiary/aromatic N) is 4. The van der Waals surface area contributed by atoms with Gasteiger partial charge in [0.1, 0.15) is 12.2 Å². The third kappa shape index (κ3) is 3.88. The molecule has 3 aliphatic heterocycles. The molecule has 4 heterocycles. The van der Waals surface area contributed by atoms with Gasteiger partial charge in [-0.15, -0.1) is 4.37 Å². The number of esters is 1. The number of amides is 1. The summed E-state index contributed by atoms with van der Waals surface area (Å²) in [6, 6.07) is 3.79. The van der Waals surface area contributed by atoms with Crippen LogP contribution in [0, 0.1) is 6.92 Å². The number of methoxy groups -OCH3 is 1. The molecule has 1 amide bonds. The number of benzene rings is 1. The number of aliphatic hydroxyl groups excluding tert-OH is 1. The second-order valence-corrected chi connectivity index (χ2v) is 9.29. The number of anilines is 1. The molecule has 0 radical (unpaired) electrons. The molecule has 0 aliphatic carbocycles. The van der Waals surface area contributed by atoms with Crippen LogP contribution < -0.4 is 9.64 Å². The van der Waals surface area contributed by atoms with Gasteiger partial charge in [-0.25, -0.2) is 4.79 Å². The van der Waals surface area contributed by atoms with Crippen molar-refractivity contribution in [3.63, 3.8) is 0 Å². The zero-order chi connectivity index (χ0) is 23.2. The second kappa shape index (κ2) is 8.64. The van der Waals surface area contributed by atoms with E-state index in [2.05, 4.69) is 14.3 Å². The first-order chi connectivity index (χ1) is 15.9. The highest BCUT2D eigenvalue weighted by atomic mass is 32.1. The Labute approximate surface area is 195 Å². The average Bonchev–Trinajstić information content (AvgIpc) is 3.45. The van der Waals surface area contributed by atoms with Crippen molar-refractivity contribution in [2.24, 2.45) is 0 Å². The summed E-state index contributed by atoms with van der Waals surface area (Å²) in [5.74, 6) is -0.402. The number of aromatic nitrogens is 2. The van der Waals surface area contributed by atoms with E-state index in [1.165, 1.54) is 7.11 Å². The monoisotopic (exact) mass is 474 g/mol. The van der Waals surface area contributed by atoms with Crippen LogP contribution in [0.5, 0.6) is 6.01 Å². The molecule has 10 nitrogen and oxygen atoms in total. The molecule has 1 aromatic carbocycles. The smallest absolute Gasteiger partial charge is 0.338 e. The normalized spacial score (nSPS) is 21.2. The molecule has 11 heteroatoms. The summed E-state index contributed by atoms with van der Waals surface area (Å²) in [5.41, 5.74) is 2.25. The molecule has 0 unspecified atom stereocenters. The molecule has 2 saturated heterocycles. The van der Waals surface area contributed by atoms with Gasteiger partial charge in [0.15, 0.2) is 0 Å². The van der Waals surface area contributed by atoms with Gasteiger partial charge in [0.2, 0.25) is 5.13 Å². The summed E-state index contributed by atoms with van der Waals surface area (Å²) in [4.78, 5) is 33.2. The Morgan fingerprint density at radius 2 is 2.06 bits per heavy atom. The molecule has 0 saturated carbocycles. The Hall–Kier alpha value is -2.60. The van der Waals surface area contributed by atoms with E-state index in [-0.39, 0.29) is 24.5 Å². The Morgan fingerprint density at radius 3 is 2.79 bits per heavy atom. The molecule has 3 aliphatic rings. The number of aliphatic hydroxyl groups is 1. The van der Waals surface area contributed by atoms with Gasteiger partial charge in [-0.2, -0.15) is 4.98 Å². The first-order valence-corrected chi connectivity index (χ1v) is 11.7. The van der Waals surface area contributed by atoms with Crippen LogP contribution in [0.25, 0.3) is 0 Å². The highest BCUT2D eigenvalue weighted by Gasteiger charge is 2.48. The van der Waals surface area contributed by atoms with Crippen molar-refractivity contribution in [3.05, 3.63) is 34.4 Å². The van der Waals surface area contributed by atoms with E-state index in [9.17, 15) is 14.7 Å². The van der Waals surface area contributed by atoms with Gasteiger partial charge in [-0.1, -0.05) is 6.07 Å². The Bertz CT molecular complexity index is 1080. The lowest BCUT2D eigenvalue weighted by Gasteiger charge is -2.45. The number of hydrogen-bond donors (Lipinski definition) is 1. The number of likely N-dealkylation sites (tertiary alicyclic amines) is 1. The van der Waals surface area contributed by atoms with Crippen LogP contribution in [0.2, 0.25) is 0 Å². The Morgan fingerprint density at radius 1 is 1.27 bits per heavy atom. The van der Waals surface area contributed by atoms with Crippen molar-refractivity contribution in [2.45, 2.75) is 38.1 Å². The van der Waals surface area contributed by atoms with E-state index in [1.807, 2.05) is 6.92 Å². The van der Waals surface area contributed by atoms with Crippen LogP contribution in [0.3, 0.4) is 0 Å². The fourth-order valence-electron chi connectivity index (χ4n) is 4.85. The number of cyclic esters (lactones) is 1. The Kier molecular flexibility index (Phi) is 5.81. The van der Waals surface area contributed by atoms with Gasteiger partial charge in [0, 0.05) is 36.7 Å². The van der Waals surface area contributed by atoms with Crippen molar-refractivity contribution in [3.8, 4) is 6.01 Å². The van der Waals surface area contributed by atoms with Crippen molar-refractivity contribution < 1.29 is 28.9 Å². The predicted molar refractivity (Wildman–Crippen MR) is 118 cm³/mol. The maximum atomic E-state index is 13.3. The number of ether oxygens (including phenoxy) is 3. The van der Waals surface area contributed by atoms with Crippen LogP contribution in [-0.4, -0.2) is 76.7 Å². The molecule has 2 fully saturated rings. The highest BCUT2D eigenvalue weighted by Crippen LogP contribution is 2.36. The number of β-amino-alcohol motifs (C(OH)–C–C–N with tert-alkyl or cyclic N) is 1. The number of rotatable bonds is 5. The quantitative estimate of drug-likeness (QED) is 0.643. The fraction of sp³-hybridized carbons (Fsp3) is 0.545. The first kappa shape index (κ1) is 22.2. The van der Waals surface area contributed by atoms with E-state index in [0.29, 0.717) is 56.3 Å². The summed E-state index contributed by atoms with van der Waals surface area (Å²) in [6.45, 7) is 4.73. The van der Waals surface area contributed by atoms with Crippen LogP contribution in [-0.2, 0) is 20.9 Å². The minimum atomic E-state index is -0.875. The number of morpholine rings is 1. The number of carbonyl (C=O) groups excluding carboxylic acids is 2. The van der Waals surface area contributed by atoms with E-state index in [0.717, 1.165) is 28.2 Å². The zero-order valence-corrected chi connectivity index (χ0v) is 19.4. The van der Waals surface area contributed by atoms with E-state index in [4.69, 9.17) is 14.2 Å². The van der Waals surface area contributed by atoms with Crippen molar-refractivity contribution in [1.82, 2.24) is 14.3 Å².